The summed E-state index contributed by atoms with van der Waals surface area (Å²) in [4.78, 5) is 4.93. The third-order valence-corrected chi connectivity index (χ3v) is 19.6. The van der Waals surface area contributed by atoms with Crippen molar-refractivity contribution in [2.45, 2.75) is 32.1 Å². The Hall–Kier alpha value is -8.64. The molecule has 3 aromatic heterocycles. The second-order valence-electron chi connectivity index (χ2n) is 22.1. The van der Waals surface area contributed by atoms with E-state index < -0.39 is 0 Å². The largest absolute Gasteiger partial charge is 0.454 e. The normalized spacial score (nSPS) is 19.5. The van der Waals surface area contributed by atoms with Gasteiger partial charge >= 0.3 is 0 Å². The van der Waals surface area contributed by atoms with Gasteiger partial charge in [0.25, 0.3) is 0 Å². The van der Waals surface area contributed by atoms with E-state index in [0.29, 0.717) is 10.8 Å². The Morgan fingerprint density at radius 3 is 1.81 bits per heavy atom. The SMILES string of the molecule is C1=C2C3CC34CCC2(Cc2cccc(N(c3ccc5c(c3)sc3c6ccc(N(c7cccc8ccccc78)c7cccc8c7oc7ccccc78)cc6c6ccccc6c53)c3cccc5c3oc3ccccc35)c21)C4. The topological polar surface area (TPSA) is 32.8 Å². The number of hydrogen-bond donors (Lipinski definition) is 0. The number of hydrogen-bond acceptors (Lipinski definition) is 5. The van der Waals surface area contributed by atoms with Gasteiger partial charge in [0, 0.05) is 69.4 Å². The molecule has 0 aliphatic heterocycles. The highest BCUT2D eigenvalue weighted by molar-refractivity contribution is 7.27. The van der Waals surface area contributed by atoms with Gasteiger partial charge in [0.05, 0.1) is 22.7 Å². The van der Waals surface area contributed by atoms with E-state index in [9.17, 15) is 0 Å². The zero-order chi connectivity index (χ0) is 48.7. The molecule has 4 aliphatic carbocycles. The van der Waals surface area contributed by atoms with E-state index in [1.807, 2.05) is 11.3 Å². The van der Waals surface area contributed by atoms with Crippen LogP contribution in [0.1, 0.15) is 36.8 Å². The van der Waals surface area contributed by atoms with Crippen molar-refractivity contribution < 1.29 is 8.83 Å². The van der Waals surface area contributed by atoms with Crippen molar-refractivity contribution in [1.29, 1.82) is 0 Å². The van der Waals surface area contributed by atoms with Crippen LogP contribution >= 0.6 is 11.3 Å². The van der Waals surface area contributed by atoms with Crippen LogP contribution in [0.2, 0.25) is 0 Å². The van der Waals surface area contributed by atoms with Gasteiger partial charge in [0.1, 0.15) is 11.2 Å². The molecule has 3 saturated carbocycles. The molecule has 3 fully saturated rings. The number of nitrogens with zero attached hydrogens (tertiary/aromatic N) is 2. The summed E-state index contributed by atoms with van der Waals surface area (Å²) in [7, 11) is 0. The fraction of sp³-hybridized carbons (Fsp3) is 0.114. The zero-order valence-electron chi connectivity index (χ0n) is 40.9. The summed E-state index contributed by atoms with van der Waals surface area (Å²) < 4.78 is 16.2. The maximum Gasteiger partial charge on any atom is 0.159 e. The molecule has 75 heavy (non-hydrogen) atoms. The smallest absolute Gasteiger partial charge is 0.159 e. The maximum absolute atomic E-state index is 6.89. The lowest BCUT2D eigenvalue weighted by molar-refractivity contribution is 0.363. The third-order valence-electron chi connectivity index (χ3n) is 18.4. The first-order valence-electron chi connectivity index (χ1n) is 26.6. The van der Waals surface area contributed by atoms with Crippen molar-refractivity contribution >= 4 is 148 Å². The fourth-order valence-corrected chi connectivity index (χ4v) is 16.4. The minimum atomic E-state index is 0.358. The lowest BCUT2D eigenvalue weighted by atomic mass is 9.69. The molecule has 0 radical (unpaired) electrons. The molecular weight excluding hydrogens is 933 g/mol. The van der Waals surface area contributed by atoms with Crippen LogP contribution in [0.15, 0.2) is 221 Å². The highest BCUT2D eigenvalue weighted by atomic mass is 32.1. The van der Waals surface area contributed by atoms with Crippen LogP contribution in [0.5, 0.6) is 0 Å². The lowest BCUT2D eigenvalue weighted by Gasteiger charge is -2.37. The minimum absolute atomic E-state index is 0.358. The van der Waals surface area contributed by atoms with E-state index >= 15 is 0 Å². The van der Waals surface area contributed by atoms with Crippen LogP contribution in [-0.4, -0.2) is 0 Å². The average Bonchev–Trinajstić information content (AvgIpc) is 3.93. The summed E-state index contributed by atoms with van der Waals surface area (Å²) >= 11 is 1.91. The van der Waals surface area contributed by atoms with Crippen molar-refractivity contribution in [2.24, 2.45) is 16.7 Å². The van der Waals surface area contributed by atoms with Gasteiger partial charge < -0.3 is 18.6 Å². The van der Waals surface area contributed by atoms with Gasteiger partial charge in [-0.3, -0.25) is 0 Å². The first-order valence-corrected chi connectivity index (χ1v) is 27.4. The molecule has 0 amide bonds. The standard InChI is InChI=1S/C70H46N2O2S/c1-2-16-45-41(13-1)14-9-23-58(45)71(60-25-11-21-50-47-18-5-7-27-62(47)73-66(50)60)43-29-31-52-55(35-43)46-17-3-4-20-49(46)65-53-32-30-44(36-64(53)75-68(52)65)72(61-26-12-22-51-48-19-6-8-28-63(48)74-67(51)61)59-24-10-15-42-38-69-33-34-70(40-69)39-57(70)56(69)37-54(42)59/h1-32,35-37,57H,33-34,38-40H2. The third kappa shape index (κ3) is 5.50. The Bertz CT molecular complexity index is 4870. The first-order chi connectivity index (χ1) is 37.1. The van der Waals surface area contributed by atoms with Crippen molar-refractivity contribution in [1.82, 2.24) is 0 Å². The van der Waals surface area contributed by atoms with Crippen molar-refractivity contribution in [3.05, 3.63) is 223 Å². The Kier molecular flexibility index (Phi) is 7.92. The van der Waals surface area contributed by atoms with Gasteiger partial charge in [-0.25, -0.2) is 0 Å². The molecule has 3 heterocycles. The van der Waals surface area contributed by atoms with Crippen molar-refractivity contribution in [3.8, 4) is 0 Å². The van der Waals surface area contributed by atoms with Gasteiger partial charge in [-0.2, -0.15) is 0 Å². The molecule has 18 rings (SSSR count). The number of fused-ring (bicyclic) bond motifs is 17. The summed E-state index contributed by atoms with van der Waals surface area (Å²) in [6.07, 6.45) is 9.33. The summed E-state index contributed by atoms with van der Waals surface area (Å²) in [6, 6.07) is 75.9. The summed E-state index contributed by atoms with van der Waals surface area (Å²) in [5.74, 6) is 0.766. The van der Waals surface area contributed by atoms with Crippen LogP contribution in [0.3, 0.4) is 0 Å². The lowest BCUT2D eigenvalue weighted by Crippen LogP contribution is -2.26. The van der Waals surface area contributed by atoms with Crippen LogP contribution in [0.25, 0.3) is 102 Å². The maximum atomic E-state index is 6.89. The quantitative estimate of drug-likeness (QED) is 0.155. The molecule has 3 unspecified atom stereocenters. The van der Waals surface area contributed by atoms with E-state index in [1.165, 1.54) is 95.0 Å². The molecule has 0 N–H and O–H groups in total. The Balaban J connectivity index is 0.857. The van der Waals surface area contributed by atoms with Crippen LogP contribution < -0.4 is 9.80 Å². The van der Waals surface area contributed by atoms with Crippen molar-refractivity contribution in [3.63, 3.8) is 0 Å². The number of benzene rings is 11. The summed E-state index contributed by atoms with van der Waals surface area (Å²) in [5, 5.41) is 14.4. The second-order valence-corrected chi connectivity index (χ2v) is 23.2. The number of furan rings is 2. The fourth-order valence-electron chi connectivity index (χ4n) is 15.1. The van der Waals surface area contributed by atoms with Crippen LogP contribution in [-0.2, 0) is 6.42 Å². The molecule has 5 heteroatoms. The highest BCUT2D eigenvalue weighted by Gasteiger charge is 2.72. The van der Waals surface area contributed by atoms with E-state index in [4.69, 9.17) is 8.83 Å². The van der Waals surface area contributed by atoms with E-state index in [-0.39, 0.29) is 0 Å². The minimum Gasteiger partial charge on any atom is -0.454 e. The van der Waals surface area contributed by atoms with E-state index in [0.717, 1.165) is 84.7 Å². The number of para-hydroxylation sites is 4. The number of thiophene rings is 1. The molecular formula is C70H46N2O2S. The molecule has 2 spiro atoms. The van der Waals surface area contributed by atoms with Gasteiger partial charge in [-0.1, -0.05) is 157 Å². The van der Waals surface area contributed by atoms with Crippen molar-refractivity contribution in [2.75, 3.05) is 9.80 Å². The second kappa shape index (κ2) is 14.6. The Morgan fingerprint density at radius 2 is 1.04 bits per heavy atom. The Morgan fingerprint density at radius 1 is 0.453 bits per heavy atom. The highest BCUT2D eigenvalue weighted by Crippen LogP contribution is 2.81. The van der Waals surface area contributed by atoms with Gasteiger partial charge in [-0.05, 0) is 137 Å². The number of rotatable bonds is 6. The molecule has 354 valence electrons. The summed E-state index contributed by atoms with van der Waals surface area (Å²) in [6.45, 7) is 0. The molecule has 4 nitrogen and oxygen atoms in total. The average molecular weight is 979 g/mol. The van der Waals surface area contributed by atoms with Gasteiger partial charge in [-0.15, -0.1) is 11.3 Å². The molecule has 3 atom stereocenters. The summed E-state index contributed by atoms with van der Waals surface area (Å²) in [5.41, 5.74) is 15.7. The van der Waals surface area contributed by atoms with Gasteiger partial charge in [0.2, 0.25) is 0 Å². The zero-order valence-corrected chi connectivity index (χ0v) is 41.8. The number of anilines is 6. The first kappa shape index (κ1) is 40.8. The molecule has 2 bridgehead atoms. The Labute approximate surface area is 435 Å². The molecule has 14 aromatic rings. The van der Waals surface area contributed by atoms with E-state index in [1.54, 1.807) is 5.57 Å². The molecule has 11 aromatic carbocycles. The molecule has 0 saturated heterocycles. The predicted octanol–water partition coefficient (Wildman–Crippen LogP) is 20.4. The number of allylic oxidation sites excluding steroid dienone is 1. The molecule has 4 aliphatic rings. The van der Waals surface area contributed by atoms with Gasteiger partial charge in [0.15, 0.2) is 11.2 Å². The predicted molar refractivity (Wildman–Crippen MR) is 314 cm³/mol. The monoisotopic (exact) mass is 978 g/mol. The van der Waals surface area contributed by atoms with Crippen LogP contribution in [0.4, 0.5) is 34.1 Å². The van der Waals surface area contributed by atoms with E-state index in [2.05, 4.69) is 222 Å². The van der Waals surface area contributed by atoms with Crippen LogP contribution in [0, 0.1) is 16.7 Å².